The molecule has 0 unspecified atom stereocenters. The molecular formula is C19H32N4O. The van der Waals surface area contributed by atoms with Crippen LogP contribution in [0, 0.1) is 0 Å². The molecule has 0 bridgehead atoms. The minimum Gasteiger partial charge on any atom is -0.357 e. The molecule has 24 heavy (non-hydrogen) atoms. The monoisotopic (exact) mass is 332 g/mol. The molecule has 3 N–H and O–H groups in total. The molecule has 5 nitrogen and oxygen atoms in total. The Labute approximate surface area is 146 Å². The largest absolute Gasteiger partial charge is 0.357 e. The summed E-state index contributed by atoms with van der Waals surface area (Å²) in [5, 5.41) is 9.25. The van der Waals surface area contributed by atoms with Crippen molar-refractivity contribution in [1.29, 1.82) is 0 Å². The van der Waals surface area contributed by atoms with Gasteiger partial charge in [-0.1, -0.05) is 45.0 Å². The Bertz CT molecular complexity index is 535. The van der Waals surface area contributed by atoms with Gasteiger partial charge in [-0.05, 0) is 24.5 Å². The van der Waals surface area contributed by atoms with E-state index in [4.69, 9.17) is 4.99 Å². The van der Waals surface area contributed by atoms with Gasteiger partial charge in [-0.3, -0.25) is 9.79 Å². The predicted molar refractivity (Wildman–Crippen MR) is 102 cm³/mol. The Kier molecular flexibility index (Phi) is 8.30. The van der Waals surface area contributed by atoms with Crippen LogP contribution in [0.4, 0.5) is 0 Å². The number of hydrogen-bond acceptors (Lipinski definition) is 2. The van der Waals surface area contributed by atoms with Crippen LogP contribution in [0.5, 0.6) is 0 Å². The number of carbonyl (C=O) groups is 1. The maximum Gasteiger partial charge on any atom is 0.216 e. The van der Waals surface area contributed by atoms with Crippen LogP contribution in [0.25, 0.3) is 0 Å². The molecule has 0 aliphatic carbocycles. The standard InChI is InChI=1S/C19H32N4O/c1-6-16-8-10-17(11-9-16)19(4,5)14-23-18(20-7-2)22-13-12-21-15(3)24/h8-11H,6-7,12-14H2,1-5H3,(H,21,24)(H2,20,22,23). The highest BCUT2D eigenvalue weighted by Gasteiger charge is 2.20. The minimum absolute atomic E-state index is 0.0181. The summed E-state index contributed by atoms with van der Waals surface area (Å²) >= 11 is 0. The molecule has 0 aliphatic rings. The van der Waals surface area contributed by atoms with Crippen molar-refractivity contribution in [3.63, 3.8) is 0 Å². The maximum absolute atomic E-state index is 10.9. The Morgan fingerprint density at radius 3 is 2.21 bits per heavy atom. The number of benzene rings is 1. The second kappa shape index (κ2) is 9.96. The Morgan fingerprint density at radius 2 is 1.67 bits per heavy atom. The molecule has 0 radical (unpaired) electrons. The van der Waals surface area contributed by atoms with E-state index in [0.29, 0.717) is 19.6 Å². The van der Waals surface area contributed by atoms with Crippen molar-refractivity contribution < 1.29 is 4.79 Å². The van der Waals surface area contributed by atoms with Crippen molar-refractivity contribution in [2.24, 2.45) is 4.99 Å². The van der Waals surface area contributed by atoms with Gasteiger partial charge >= 0.3 is 0 Å². The zero-order valence-electron chi connectivity index (χ0n) is 15.7. The molecule has 5 heteroatoms. The lowest BCUT2D eigenvalue weighted by Crippen LogP contribution is -2.42. The molecule has 1 rings (SSSR count). The molecule has 0 heterocycles. The van der Waals surface area contributed by atoms with Gasteiger partial charge in [0.25, 0.3) is 0 Å². The molecule has 0 aromatic heterocycles. The van der Waals surface area contributed by atoms with Gasteiger partial charge < -0.3 is 16.0 Å². The fourth-order valence-electron chi connectivity index (χ4n) is 2.32. The lowest BCUT2D eigenvalue weighted by molar-refractivity contribution is -0.118. The second-order valence-electron chi connectivity index (χ2n) is 6.54. The van der Waals surface area contributed by atoms with Crippen molar-refractivity contribution in [3.05, 3.63) is 35.4 Å². The van der Waals surface area contributed by atoms with E-state index in [2.05, 4.69) is 61.0 Å². The molecule has 1 aromatic carbocycles. The van der Waals surface area contributed by atoms with E-state index in [-0.39, 0.29) is 11.3 Å². The van der Waals surface area contributed by atoms with Crippen molar-refractivity contribution in [2.45, 2.75) is 46.5 Å². The number of rotatable bonds is 8. The highest BCUT2D eigenvalue weighted by atomic mass is 16.1. The quantitative estimate of drug-likeness (QED) is 0.388. The molecule has 0 saturated heterocycles. The SMILES string of the molecule is CCNC(=NCC(C)(C)c1ccc(CC)cc1)NCCNC(C)=O. The van der Waals surface area contributed by atoms with Crippen molar-refractivity contribution in [1.82, 2.24) is 16.0 Å². The summed E-state index contributed by atoms with van der Waals surface area (Å²) in [6.07, 6.45) is 1.06. The normalized spacial score (nSPS) is 12.0. The minimum atomic E-state index is -0.0355. The number of aliphatic imine (C=N–C) groups is 1. The van der Waals surface area contributed by atoms with Crippen LogP contribution in [0.1, 0.15) is 45.7 Å². The zero-order chi connectivity index (χ0) is 18.0. The number of amides is 1. The van der Waals surface area contributed by atoms with E-state index in [1.54, 1.807) is 0 Å². The summed E-state index contributed by atoms with van der Waals surface area (Å²) in [7, 11) is 0. The molecule has 0 spiro atoms. The van der Waals surface area contributed by atoms with Gasteiger partial charge in [0.2, 0.25) is 5.91 Å². The van der Waals surface area contributed by atoms with Crippen LogP contribution in [-0.4, -0.2) is 38.0 Å². The first kappa shape index (κ1) is 20.0. The van der Waals surface area contributed by atoms with E-state index >= 15 is 0 Å². The Hall–Kier alpha value is -2.04. The number of nitrogens with zero attached hydrogens (tertiary/aromatic N) is 1. The fraction of sp³-hybridized carbons (Fsp3) is 0.579. The van der Waals surface area contributed by atoms with Crippen molar-refractivity contribution in [2.75, 3.05) is 26.2 Å². The number of guanidine groups is 1. The van der Waals surface area contributed by atoms with E-state index in [1.165, 1.54) is 18.1 Å². The van der Waals surface area contributed by atoms with Gasteiger partial charge in [0.15, 0.2) is 5.96 Å². The molecule has 1 aromatic rings. The van der Waals surface area contributed by atoms with Crippen molar-refractivity contribution >= 4 is 11.9 Å². The van der Waals surface area contributed by atoms with Crippen molar-refractivity contribution in [3.8, 4) is 0 Å². The molecular weight excluding hydrogens is 300 g/mol. The third kappa shape index (κ3) is 7.02. The number of carbonyl (C=O) groups excluding carboxylic acids is 1. The summed E-state index contributed by atoms with van der Waals surface area (Å²) in [5.74, 6) is 0.761. The van der Waals surface area contributed by atoms with Gasteiger partial charge in [0.1, 0.15) is 0 Å². The molecule has 0 aliphatic heterocycles. The van der Waals surface area contributed by atoms with Crippen LogP contribution >= 0.6 is 0 Å². The smallest absolute Gasteiger partial charge is 0.216 e. The predicted octanol–water partition coefficient (Wildman–Crippen LogP) is 2.22. The highest BCUT2D eigenvalue weighted by molar-refractivity contribution is 5.80. The van der Waals surface area contributed by atoms with Crippen LogP contribution < -0.4 is 16.0 Å². The number of nitrogens with one attached hydrogen (secondary N) is 3. The topological polar surface area (TPSA) is 65.5 Å². The highest BCUT2D eigenvalue weighted by Crippen LogP contribution is 2.24. The van der Waals surface area contributed by atoms with Gasteiger partial charge in [-0.15, -0.1) is 0 Å². The first-order valence-electron chi connectivity index (χ1n) is 8.75. The molecule has 0 saturated carbocycles. The lowest BCUT2D eigenvalue weighted by atomic mass is 9.84. The molecule has 0 atom stereocenters. The fourth-order valence-corrected chi connectivity index (χ4v) is 2.32. The van der Waals surface area contributed by atoms with E-state index < -0.39 is 0 Å². The number of aryl methyl sites for hydroxylation is 1. The number of hydrogen-bond donors (Lipinski definition) is 3. The lowest BCUT2D eigenvalue weighted by Gasteiger charge is -2.24. The van der Waals surface area contributed by atoms with E-state index in [0.717, 1.165) is 18.9 Å². The average Bonchev–Trinajstić information content (AvgIpc) is 2.56. The van der Waals surface area contributed by atoms with Crippen LogP contribution in [0.3, 0.4) is 0 Å². The van der Waals surface area contributed by atoms with Crippen LogP contribution in [0.2, 0.25) is 0 Å². The second-order valence-corrected chi connectivity index (χ2v) is 6.54. The first-order chi connectivity index (χ1) is 11.4. The summed E-state index contributed by atoms with van der Waals surface area (Å²) in [5.41, 5.74) is 2.61. The third-order valence-corrected chi connectivity index (χ3v) is 3.91. The maximum atomic E-state index is 10.9. The summed E-state index contributed by atoms with van der Waals surface area (Å²) < 4.78 is 0. The van der Waals surface area contributed by atoms with Crippen LogP contribution in [-0.2, 0) is 16.6 Å². The Balaban J connectivity index is 2.65. The van der Waals surface area contributed by atoms with Gasteiger partial charge in [-0.25, -0.2) is 0 Å². The van der Waals surface area contributed by atoms with Crippen LogP contribution in [0.15, 0.2) is 29.3 Å². The third-order valence-electron chi connectivity index (χ3n) is 3.91. The average molecular weight is 332 g/mol. The summed E-state index contributed by atoms with van der Waals surface area (Å²) in [4.78, 5) is 15.6. The van der Waals surface area contributed by atoms with Gasteiger partial charge in [0.05, 0.1) is 6.54 Å². The molecule has 134 valence electrons. The molecule has 0 fully saturated rings. The molecule has 1 amide bonds. The van der Waals surface area contributed by atoms with E-state index in [1.807, 2.05) is 6.92 Å². The summed E-state index contributed by atoms with van der Waals surface area (Å²) in [6.45, 7) is 12.9. The summed E-state index contributed by atoms with van der Waals surface area (Å²) in [6, 6.07) is 8.78. The zero-order valence-corrected chi connectivity index (χ0v) is 15.7. The Morgan fingerprint density at radius 1 is 1.04 bits per heavy atom. The van der Waals surface area contributed by atoms with Gasteiger partial charge in [0, 0.05) is 32.0 Å². The van der Waals surface area contributed by atoms with Gasteiger partial charge in [-0.2, -0.15) is 0 Å². The first-order valence-corrected chi connectivity index (χ1v) is 8.75. The van der Waals surface area contributed by atoms with E-state index in [9.17, 15) is 4.79 Å².